The van der Waals surface area contributed by atoms with Crippen LogP contribution in [-0.4, -0.2) is 42.2 Å². The van der Waals surface area contributed by atoms with E-state index in [4.69, 9.17) is 9.84 Å². The Kier molecular flexibility index (Phi) is 6.30. The summed E-state index contributed by atoms with van der Waals surface area (Å²) in [5.41, 5.74) is 1.69. The lowest BCUT2D eigenvalue weighted by atomic mass is 9.80. The highest BCUT2D eigenvalue weighted by molar-refractivity contribution is 6.02. The topological polar surface area (TPSA) is 131 Å². The number of esters is 1. The summed E-state index contributed by atoms with van der Waals surface area (Å²) in [5.74, 6) is -1.98. The van der Waals surface area contributed by atoms with E-state index in [-0.39, 0.29) is 30.0 Å². The third-order valence-corrected chi connectivity index (χ3v) is 4.22. The van der Waals surface area contributed by atoms with Gasteiger partial charge >= 0.3 is 5.97 Å². The number of carbonyl (C=O) groups is 2. The Morgan fingerprint density at radius 3 is 2.56 bits per heavy atom. The van der Waals surface area contributed by atoms with E-state index in [1.807, 2.05) is 0 Å². The summed E-state index contributed by atoms with van der Waals surface area (Å²) in [6.07, 6.45) is 0. The van der Waals surface area contributed by atoms with Gasteiger partial charge in [0.25, 0.3) is 5.69 Å². The van der Waals surface area contributed by atoms with Crippen LogP contribution in [0.25, 0.3) is 0 Å². The first-order valence-electron chi connectivity index (χ1n) is 8.22. The third-order valence-electron chi connectivity index (χ3n) is 4.22. The van der Waals surface area contributed by atoms with Crippen molar-refractivity contribution >= 4 is 17.6 Å². The molecule has 0 fully saturated rings. The van der Waals surface area contributed by atoms with Crippen molar-refractivity contribution in [2.24, 2.45) is 0 Å². The van der Waals surface area contributed by atoms with Gasteiger partial charge in [0.15, 0.2) is 0 Å². The number of nitro benzene ring substituents is 1. The van der Waals surface area contributed by atoms with Crippen LogP contribution in [0.15, 0.2) is 46.8 Å². The molecule has 1 amide bonds. The first-order chi connectivity index (χ1) is 12.8. The van der Waals surface area contributed by atoms with E-state index in [2.05, 4.69) is 10.6 Å². The Morgan fingerprint density at radius 2 is 1.96 bits per heavy atom. The second kappa shape index (κ2) is 8.45. The molecule has 0 spiro atoms. The number of nitrogens with one attached hydrogen (secondary N) is 2. The van der Waals surface area contributed by atoms with Gasteiger partial charge in [0.1, 0.15) is 0 Å². The lowest BCUT2D eigenvalue weighted by Gasteiger charge is -2.30. The normalized spacial score (nSPS) is 16.7. The molecule has 0 radical (unpaired) electrons. The maximum Gasteiger partial charge on any atom is 0.336 e. The highest BCUT2D eigenvalue weighted by atomic mass is 16.6. The zero-order valence-electron chi connectivity index (χ0n) is 15.2. The van der Waals surface area contributed by atoms with Gasteiger partial charge in [-0.2, -0.15) is 0 Å². The van der Waals surface area contributed by atoms with Gasteiger partial charge in [0, 0.05) is 35.6 Å². The molecular weight excluding hydrogens is 354 g/mol. The van der Waals surface area contributed by atoms with Crippen LogP contribution in [0.2, 0.25) is 0 Å². The second-order valence-electron chi connectivity index (χ2n) is 5.96. The monoisotopic (exact) mass is 375 g/mol. The van der Waals surface area contributed by atoms with Gasteiger partial charge in [-0.25, -0.2) is 4.79 Å². The molecule has 2 rings (SSSR count). The average Bonchev–Trinajstić information content (AvgIpc) is 2.64. The number of nitro groups is 1. The molecular formula is C18H21N3O6. The van der Waals surface area contributed by atoms with E-state index in [1.165, 1.54) is 25.3 Å². The number of hydrogen-bond acceptors (Lipinski definition) is 7. The van der Waals surface area contributed by atoms with Gasteiger partial charge in [0.05, 0.1) is 30.1 Å². The molecule has 0 bridgehead atoms. The molecule has 1 aliphatic rings. The van der Waals surface area contributed by atoms with Crippen molar-refractivity contribution in [2.75, 3.05) is 20.3 Å². The smallest absolute Gasteiger partial charge is 0.336 e. The number of nitrogens with zero attached hydrogens (tertiary/aromatic N) is 1. The van der Waals surface area contributed by atoms with Crippen LogP contribution in [0.1, 0.15) is 25.3 Å². The van der Waals surface area contributed by atoms with Gasteiger partial charge in [-0.15, -0.1) is 0 Å². The SMILES string of the molecule is COC(=O)C1=C(C)NC(C)=C(C(=O)NCCO)C1c1cccc([N+](=O)[O-])c1. The first-order valence-corrected chi connectivity index (χ1v) is 8.22. The van der Waals surface area contributed by atoms with Crippen LogP contribution in [0, 0.1) is 10.1 Å². The number of non-ortho nitro benzene ring substituents is 1. The average molecular weight is 375 g/mol. The van der Waals surface area contributed by atoms with Gasteiger partial charge in [-0.05, 0) is 19.4 Å². The number of carbonyl (C=O) groups excluding carboxylic acids is 2. The van der Waals surface area contributed by atoms with E-state index in [1.54, 1.807) is 19.9 Å². The largest absolute Gasteiger partial charge is 0.466 e. The fourth-order valence-electron chi connectivity index (χ4n) is 3.09. The maximum atomic E-state index is 12.7. The first kappa shape index (κ1) is 20.1. The molecule has 9 heteroatoms. The fourth-order valence-corrected chi connectivity index (χ4v) is 3.09. The van der Waals surface area contributed by atoms with Crippen molar-refractivity contribution in [1.82, 2.24) is 10.6 Å². The molecule has 0 saturated carbocycles. The van der Waals surface area contributed by atoms with Crippen molar-refractivity contribution < 1.29 is 24.4 Å². The molecule has 1 aromatic carbocycles. The summed E-state index contributed by atoms with van der Waals surface area (Å²) < 4.78 is 4.87. The Bertz CT molecular complexity index is 843. The van der Waals surface area contributed by atoms with E-state index in [0.717, 1.165) is 0 Å². The Hall–Kier alpha value is -3.20. The van der Waals surface area contributed by atoms with Gasteiger partial charge in [-0.3, -0.25) is 14.9 Å². The maximum absolute atomic E-state index is 12.7. The van der Waals surface area contributed by atoms with Crippen molar-refractivity contribution in [1.29, 1.82) is 0 Å². The number of methoxy groups -OCH3 is 1. The van der Waals surface area contributed by atoms with Gasteiger partial charge < -0.3 is 20.5 Å². The summed E-state index contributed by atoms with van der Waals surface area (Å²) in [4.78, 5) is 35.7. The lowest BCUT2D eigenvalue weighted by molar-refractivity contribution is -0.384. The van der Waals surface area contributed by atoms with Crippen LogP contribution in [-0.2, 0) is 14.3 Å². The number of benzene rings is 1. The molecule has 1 aliphatic heterocycles. The van der Waals surface area contributed by atoms with Crippen LogP contribution < -0.4 is 10.6 Å². The molecule has 144 valence electrons. The quantitative estimate of drug-likeness (QED) is 0.386. The zero-order valence-corrected chi connectivity index (χ0v) is 15.2. The fraction of sp³-hybridized carbons (Fsp3) is 0.333. The lowest BCUT2D eigenvalue weighted by Crippen LogP contribution is -2.37. The molecule has 1 heterocycles. The Morgan fingerprint density at radius 1 is 1.30 bits per heavy atom. The molecule has 27 heavy (non-hydrogen) atoms. The minimum absolute atomic E-state index is 0.0352. The number of allylic oxidation sites excluding steroid dienone is 2. The van der Waals surface area contributed by atoms with Crippen molar-refractivity contribution in [3.63, 3.8) is 0 Å². The minimum atomic E-state index is -0.850. The molecule has 0 aromatic heterocycles. The molecule has 1 atom stereocenters. The Balaban J connectivity index is 2.65. The number of aliphatic hydroxyl groups excluding tert-OH is 1. The van der Waals surface area contributed by atoms with Gasteiger partial charge in [0.2, 0.25) is 5.91 Å². The molecule has 0 aliphatic carbocycles. The van der Waals surface area contributed by atoms with Gasteiger partial charge in [-0.1, -0.05) is 12.1 Å². The highest BCUT2D eigenvalue weighted by Crippen LogP contribution is 2.39. The summed E-state index contributed by atoms with van der Waals surface area (Å²) in [6.45, 7) is 3.14. The van der Waals surface area contributed by atoms with Crippen LogP contribution in [0.5, 0.6) is 0 Å². The molecule has 1 unspecified atom stereocenters. The number of hydrogen-bond donors (Lipinski definition) is 3. The molecule has 1 aromatic rings. The van der Waals surface area contributed by atoms with E-state index in [9.17, 15) is 19.7 Å². The standard InChI is InChI=1S/C18H21N3O6/c1-10-14(17(23)19-7-8-22)16(15(11(2)20-10)18(24)27-3)12-5-4-6-13(9-12)21(25)26/h4-6,9,16,20,22H,7-8H2,1-3H3,(H,19,23). The summed E-state index contributed by atoms with van der Waals surface area (Å²) in [6, 6.07) is 5.78. The predicted molar refractivity (Wildman–Crippen MR) is 96.5 cm³/mol. The van der Waals surface area contributed by atoms with E-state index < -0.39 is 22.7 Å². The third kappa shape index (κ3) is 4.14. The Labute approximate surface area is 155 Å². The van der Waals surface area contributed by atoms with Crippen molar-refractivity contribution in [2.45, 2.75) is 19.8 Å². The summed E-state index contributed by atoms with van der Waals surface area (Å²) in [5, 5.41) is 25.7. The molecule has 3 N–H and O–H groups in total. The number of rotatable bonds is 6. The van der Waals surface area contributed by atoms with E-state index >= 15 is 0 Å². The predicted octanol–water partition coefficient (Wildman–Crippen LogP) is 1.11. The van der Waals surface area contributed by atoms with Crippen molar-refractivity contribution in [3.05, 3.63) is 62.5 Å². The number of dihydropyridines is 1. The summed E-state index contributed by atoms with van der Waals surface area (Å²) in [7, 11) is 1.23. The summed E-state index contributed by atoms with van der Waals surface area (Å²) >= 11 is 0. The molecule has 0 saturated heterocycles. The van der Waals surface area contributed by atoms with E-state index in [0.29, 0.717) is 17.0 Å². The van der Waals surface area contributed by atoms with Crippen molar-refractivity contribution in [3.8, 4) is 0 Å². The number of ether oxygens (including phenoxy) is 1. The number of aliphatic hydroxyl groups is 1. The molecule has 9 nitrogen and oxygen atoms in total. The second-order valence-corrected chi connectivity index (χ2v) is 5.96. The van der Waals surface area contributed by atoms with Crippen LogP contribution in [0.4, 0.5) is 5.69 Å². The minimum Gasteiger partial charge on any atom is -0.466 e. The van der Waals surface area contributed by atoms with Crippen LogP contribution in [0.3, 0.4) is 0 Å². The van der Waals surface area contributed by atoms with Crippen LogP contribution >= 0.6 is 0 Å². The highest BCUT2D eigenvalue weighted by Gasteiger charge is 2.37. The number of amides is 1. The zero-order chi connectivity index (χ0) is 20.1.